The van der Waals surface area contributed by atoms with Crippen molar-refractivity contribution in [1.82, 2.24) is 0 Å². The molecule has 0 aliphatic heterocycles. The van der Waals surface area contributed by atoms with Gasteiger partial charge in [0.05, 0.1) is 0 Å². The highest BCUT2D eigenvalue weighted by molar-refractivity contribution is 4.86. The van der Waals surface area contributed by atoms with E-state index in [1.807, 2.05) is 0 Å². The summed E-state index contributed by atoms with van der Waals surface area (Å²) in [4.78, 5) is 0. The molecule has 1 aliphatic rings. The van der Waals surface area contributed by atoms with Crippen LogP contribution in [-0.2, 0) is 0 Å². The summed E-state index contributed by atoms with van der Waals surface area (Å²) in [5.74, 6) is 4.80. The summed E-state index contributed by atoms with van der Waals surface area (Å²) in [5, 5.41) is 0. The molecule has 0 radical (unpaired) electrons. The van der Waals surface area contributed by atoms with E-state index >= 15 is 0 Å². The third kappa shape index (κ3) is 1.67. The Kier molecular flexibility index (Phi) is 3.20. The van der Waals surface area contributed by atoms with Crippen LogP contribution in [0.2, 0.25) is 0 Å². The lowest BCUT2D eigenvalue weighted by Crippen LogP contribution is -2.20. The van der Waals surface area contributed by atoms with Gasteiger partial charge in [-0.3, -0.25) is 0 Å². The van der Waals surface area contributed by atoms with Crippen molar-refractivity contribution >= 4 is 0 Å². The normalized spacial score (nSPS) is 44.8. The van der Waals surface area contributed by atoms with Crippen LogP contribution >= 0.6 is 0 Å². The maximum absolute atomic E-state index is 2.45. The number of hydrogen-bond donors (Lipinski definition) is 0. The maximum Gasteiger partial charge on any atom is -0.0334 e. The average molecular weight is 168 g/mol. The molecule has 5 unspecified atom stereocenters. The summed E-state index contributed by atoms with van der Waals surface area (Å²) in [6.45, 7) is 12.1. The van der Waals surface area contributed by atoms with Crippen LogP contribution in [0.1, 0.15) is 47.5 Å². The minimum atomic E-state index is 0.931. The molecule has 0 amide bonds. The van der Waals surface area contributed by atoms with E-state index in [1.165, 1.54) is 12.8 Å². The first-order valence-corrected chi connectivity index (χ1v) is 5.57. The van der Waals surface area contributed by atoms with E-state index in [0.717, 1.165) is 29.6 Å². The first kappa shape index (κ1) is 10.1. The van der Waals surface area contributed by atoms with Gasteiger partial charge in [-0.25, -0.2) is 0 Å². The van der Waals surface area contributed by atoms with Gasteiger partial charge in [0, 0.05) is 0 Å². The van der Waals surface area contributed by atoms with Gasteiger partial charge in [-0.15, -0.1) is 0 Å². The highest BCUT2D eigenvalue weighted by Gasteiger charge is 2.37. The molecule has 1 fully saturated rings. The van der Waals surface area contributed by atoms with Crippen molar-refractivity contribution in [3.63, 3.8) is 0 Å². The summed E-state index contributed by atoms with van der Waals surface area (Å²) in [7, 11) is 0. The molecular formula is C12H24. The lowest BCUT2D eigenvalue weighted by Gasteiger charge is -2.27. The molecule has 0 saturated heterocycles. The van der Waals surface area contributed by atoms with Gasteiger partial charge in [0.25, 0.3) is 0 Å². The monoisotopic (exact) mass is 168 g/mol. The van der Waals surface area contributed by atoms with Gasteiger partial charge >= 0.3 is 0 Å². The highest BCUT2D eigenvalue weighted by atomic mass is 14.4. The Morgan fingerprint density at radius 2 is 1.75 bits per heavy atom. The molecule has 5 atom stereocenters. The lowest BCUT2D eigenvalue weighted by molar-refractivity contribution is 0.222. The molecule has 1 rings (SSSR count). The predicted molar refractivity (Wildman–Crippen MR) is 55.1 cm³/mol. The maximum atomic E-state index is 2.45. The largest absolute Gasteiger partial charge is 0.0651 e. The van der Waals surface area contributed by atoms with E-state index < -0.39 is 0 Å². The zero-order valence-corrected chi connectivity index (χ0v) is 9.30. The van der Waals surface area contributed by atoms with Crippen LogP contribution in [-0.4, -0.2) is 0 Å². The van der Waals surface area contributed by atoms with Crippen molar-refractivity contribution in [3.05, 3.63) is 0 Å². The summed E-state index contributed by atoms with van der Waals surface area (Å²) in [5.41, 5.74) is 0. The molecule has 0 spiro atoms. The van der Waals surface area contributed by atoms with Crippen molar-refractivity contribution in [2.45, 2.75) is 47.5 Å². The van der Waals surface area contributed by atoms with Crippen molar-refractivity contribution < 1.29 is 0 Å². The topological polar surface area (TPSA) is 0 Å². The molecular weight excluding hydrogens is 144 g/mol. The second-order valence-electron chi connectivity index (χ2n) is 5.01. The Bertz CT molecular complexity index is 135. The van der Waals surface area contributed by atoms with Gasteiger partial charge in [0.2, 0.25) is 0 Å². The molecule has 0 heteroatoms. The second-order valence-corrected chi connectivity index (χ2v) is 5.01. The molecule has 72 valence electrons. The third-order valence-electron chi connectivity index (χ3n) is 4.21. The molecule has 0 N–H and O–H groups in total. The summed E-state index contributed by atoms with van der Waals surface area (Å²) in [6.07, 6.45) is 2.81. The number of hydrogen-bond acceptors (Lipinski definition) is 0. The number of rotatable bonds is 2. The minimum absolute atomic E-state index is 0.931. The predicted octanol–water partition coefficient (Wildman–Crippen LogP) is 3.96. The summed E-state index contributed by atoms with van der Waals surface area (Å²) in [6, 6.07) is 0. The van der Waals surface area contributed by atoms with Gasteiger partial charge in [-0.1, -0.05) is 41.0 Å². The highest BCUT2D eigenvalue weighted by Crippen LogP contribution is 2.45. The lowest BCUT2D eigenvalue weighted by atomic mass is 9.79. The molecule has 0 bridgehead atoms. The fraction of sp³-hybridized carbons (Fsp3) is 1.00. The SMILES string of the molecule is CCC(C)C1C(C)CC(C)C1C. The summed E-state index contributed by atoms with van der Waals surface area (Å²) >= 11 is 0. The Morgan fingerprint density at radius 1 is 1.17 bits per heavy atom. The van der Waals surface area contributed by atoms with Gasteiger partial charge in [-0.05, 0) is 36.0 Å². The quantitative estimate of drug-likeness (QED) is 0.585. The Labute approximate surface area is 77.7 Å². The fourth-order valence-electron chi connectivity index (χ4n) is 3.21. The molecule has 1 aliphatic carbocycles. The van der Waals surface area contributed by atoms with E-state index in [-0.39, 0.29) is 0 Å². The molecule has 0 aromatic heterocycles. The van der Waals surface area contributed by atoms with Crippen LogP contribution < -0.4 is 0 Å². The zero-order chi connectivity index (χ0) is 9.30. The van der Waals surface area contributed by atoms with Gasteiger partial charge in [-0.2, -0.15) is 0 Å². The average Bonchev–Trinajstić information content (AvgIpc) is 2.26. The Balaban J connectivity index is 2.62. The standard InChI is InChI=1S/C12H24/c1-6-8(2)12-10(4)7-9(3)11(12)5/h8-12H,6-7H2,1-5H3. The molecule has 1 saturated carbocycles. The van der Waals surface area contributed by atoms with Gasteiger partial charge in [0.15, 0.2) is 0 Å². The van der Waals surface area contributed by atoms with Gasteiger partial charge in [0.1, 0.15) is 0 Å². The first-order chi connectivity index (χ1) is 5.57. The molecule has 0 aromatic rings. The van der Waals surface area contributed by atoms with Gasteiger partial charge < -0.3 is 0 Å². The van der Waals surface area contributed by atoms with Crippen LogP contribution in [0.5, 0.6) is 0 Å². The van der Waals surface area contributed by atoms with Crippen LogP contribution in [0.4, 0.5) is 0 Å². The molecule has 0 nitrogen and oxygen atoms in total. The molecule has 12 heavy (non-hydrogen) atoms. The van der Waals surface area contributed by atoms with E-state index in [4.69, 9.17) is 0 Å². The van der Waals surface area contributed by atoms with Crippen LogP contribution in [0.15, 0.2) is 0 Å². The molecule has 0 aromatic carbocycles. The van der Waals surface area contributed by atoms with E-state index in [2.05, 4.69) is 34.6 Å². The van der Waals surface area contributed by atoms with Crippen LogP contribution in [0.3, 0.4) is 0 Å². The Morgan fingerprint density at radius 3 is 2.08 bits per heavy atom. The van der Waals surface area contributed by atoms with E-state index in [9.17, 15) is 0 Å². The third-order valence-corrected chi connectivity index (χ3v) is 4.21. The van der Waals surface area contributed by atoms with Crippen LogP contribution in [0.25, 0.3) is 0 Å². The van der Waals surface area contributed by atoms with E-state index in [0.29, 0.717) is 0 Å². The van der Waals surface area contributed by atoms with Crippen molar-refractivity contribution in [2.75, 3.05) is 0 Å². The van der Waals surface area contributed by atoms with Crippen molar-refractivity contribution in [1.29, 1.82) is 0 Å². The fourth-order valence-corrected chi connectivity index (χ4v) is 3.21. The molecule has 0 heterocycles. The second kappa shape index (κ2) is 3.81. The van der Waals surface area contributed by atoms with Crippen LogP contribution in [0, 0.1) is 29.6 Å². The van der Waals surface area contributed by atoms with Crippen molar-refractivity contribution in [3.8, 4) is 0 Å². The summed E-state index contributed by atoms with van der Waals surface area (Å²) < 4.78 is 0. The first-order valence-electron chi connectivity index (χ1n) is 5.57. The Hall–Kier alpha value is 0. The smallest absolute Gasteiger partial charge is 0.0334 e. The zero-order valence-electron chi connectivity index (χ0n) is 9.30. The minimum Gasteiger partial charge on any atom is -0.0651 e. The van der Waals surface area contributed by atoms with E-state index in [1.54, 1.807) is 0 Å². The van der Waals surface area contributed by atoms with Crippen molar-refractivity contribution in [2.24, 2.45) is 29.6 Å².